The Hall–Kier alpha value is -1.10. The maximum absolute atomic E-state index is 10.8. The molecule has 0 amide bonds. The van der Waals surface area contributed by atoms with Gasteiger partial charge < -0.3 is 5.11 Å². The molecule has 0 aromatic carbocycles. The fourth-order valence-electron chi connectivity index (χ4n) is 2.70. The number of aromatic nitrogens is 2. The van der Waals surface area contributed by atoms with E-state index in [2.05, 4.69) is 9.97 Å². The lowest BCUT2D eigenvalue weighted by molar-refractivity contribution is -0.136. The van der Waals surface area contributed by atoms with Crippen molar-refractivity contribution in [3.63, 3.8) is 0 Å². The van der Waals surface area contributed by atoms with Gasteiger partial charge in [0.1, 0.15) is 5.82 Å². The molecule has 1 aromatic rings. The van der Waals surface area contributed by atoms with Gasteiger partial charge in [-0.15, -0.1) is 0 Å². The Morgan fingerprint density at radius 3 is 2.35 bits per heavy atom. The smallest absolute Gasteiger partial charge is 0.307 e. The van der Waals surface area contributed by atoms with Gasteiger partial charge in [0.2, 0.25) is 0 Å². The van der Waals surface area contributed by atoms with Gasteiger partial charge in [-0.25, -0.2) is 9.97 Å². The average Bonchev–Trinajstić information content (AvgIpc) is 2.41. The molecule has 1 aromatic heterocycles. The van der Waals surface area contributed by atoms with Crippen LogP contribution in [-0.2, 0) is 17.0 Å². The lowest BCUT2D eigenvalue weighted by Crippen LogP contribution is -2.11. The highest BCUT2D eigenvalue weighted by atomic mass is 32.2. The maximum Gasteiger partial charge on any atom is 0.307 e. The zero-order valence-corrected chi connectivity index (χ0v) is 13.0. The van der Waals surface area contributed by atoms with Gasteiger partial charge in [0, 0.05) is 22.2 Å². The Morgan fingerprint density at radius 2 is 1.80 bits per heavy atom. The van der Waals surface area contributed by atoms with E-state index >= 15 is 0 Å². The first kappa shape index (κ1) is 15.3. The molecule has 1 saturated carbocycles. The lowest BCUT2D eigenvalue weighted by Gasteiger charge is -2.20. The van der Waals surface area contributed by atoms with Crippen LogP contribution >= 0.6 is 11.8 Å². The molecule has 20 heavy (non-hydrogen) atoms. The normalized spacial score (nSPS) is 16.3. The van der Waals surface area contributed by atoms with Gasteiger partial charge in [0.15, 0.2) is 0 Å². The third-order valence-corrected chi connectivity index (χ3v) is 5.16. The number of rotatable bonds is 5. The average molecular weight is 294 g/mol. The highest BCUT2D eigenvalue weighted by molar-refractivity contribution is 7.99. The van der Waals surface area contributed by atoms with Crippen LogP contribution in [0.5, 0.6) is 0 Å². The Kier molecular flexibility index (Phi) is 5.40. The monoisotopic (exact) mass is 294 g/mol. The first-order chi connectivity index (χ1) is 9.56. The topological polar surface area (TPSA) is 63.1 Å². The van der Waals surface area contributed by atoms with Crippen LogP contribution in [-0.4, -0.2) is 26.3 Å². The Morgan fingerprint density at radius 1 is 1.20 bits per heavy atom. The Labute approximate surface area is 124 Å². The summed E-state index contributed by atoms with van der Waals surface area (Å²) < 4.78 is 0. The van der Waals surface area contributed by atoms with Crippen molar-refractivity contribution in [2.24, 2.45) is 0 Å². The maximum atomic E-state index is 10.8. The Bertz CT molecular complexity index is 462. The van der Waals surface area contributed by atoms with Crippen molar-refractivity contribution in [1.82, 2.24) is 9.97 Å². The van der Waals surface area contributed by atoms with Gasteiger partial charge in [0.05, 0.1) is 12.2 Å². The van der Waals surface area contributed by atoms with E-state index in [1.807, 2.05) is 25.6 Å². The second-order valence-corrected chi connectivity index (χ2v) is 6.72. The number of hydrogen-bond donors (Lipinski definition) is 1. The standard InChI is InChI=1S/C15H22N2O2S/c1-10-13(8-15(18)19)11(2)17-14(16-10)9-20-12-6-4-3-5-7-12/h12H,3-9H2,1-2H3,(H,18,19). The van der Waals surface area contributed by atoms with Crippen molar-refractivity contribution in [3.05, 3.63) is 22.8 Å². The van der Waals surface area contributed by atoms with Gasteiger partial charge in [-0.1, -0.05) is 19.3 Å². The summed E-state index contributed by atoms with van der Waals surface area (Å²) in [5.41, 5.74) is 2.36. The van der Waals surface area contributed by atoms with Crippen LogP contribution in [0.1, 0.15) is 54.9 Å². The highest BCUT2D eigenvalue weighted by Gasteiger charge is 2.16. The number of thioether (sulfide) groups is 1. The molecule has 0 spiro atoms. The molecule has 1 aliphatic carbocycles. The predicted molar refractivity (Wildman–Crippen MR) is 81.0 cm³/mol. The van der Waals surface area contributed by atoms with E-state index < -0.39 is 5.97 Å². The van der Waals surface area contributed by atoms with Crippen LogP contribution in [0.3, 0.4) is 0 Å². The summed E-state index contributed by atoms with van der Waals surface area (Å²) in [7, 11) is 0. The van der Waals surface area contributed by atoms with Crippen LogP contribution in [0.2, 0.25) is 0 Å². The molecule has 0 bridgehead atoms. The number of carboxylic acid groups (broad SMARTS) is 1. The number of nitrogens with zero attached hydrogens (tertiary/aromatic N) is 2. The molecule has 5 heteroatoms. The first-order valence-electron chi connectivity index (χ1n) is 7.22. The summed E-state index contributed by atoms with van der Waals surface area (Å²) in [5, 5.41) is 9.64. The molecule has 0 atom stereocenters. The molecule has 1 aliphatic rings. The molecule has 0 unspecified atom stereocenters. The number of hydrogen-bond acceptors (Lipinski definition) is 4. The molecular weight excluding hydrogens is 272 g/mol. The van der Waals surface area contributed by atoms with E-state index in [0.717, 1.165) is 33.8 Å². The van der Waals surface area contributed by atoms with E-state index in [-0.39, 0.29) is 6.42 Å². The minimum atomic E-state index is -0.830. The molecule has 4 nitrogen and oxygen atoms in total. The molecule has 110 valence electrons. The molecule has 0 radical (unpaired) electrons. The minimum Gasteiger partial charge on any atom is -0.481 e. The second-order valence-electron chi connectivity index (χ2n) is 5.43. The van der Waals surface area contributed by atoms with Gasteiger partial charge in [-0.05, 0) is 26.7 Å². The quantitative estimate of drug-likeness (QED) is 0.903. The third-order valence-electron chi connectivity index (χ3n) is 3.80. The van der Waals surface area contributed by atoms with Crippen molar-refractivity contribution >= 4 is 17.7 Å². The predicted octanol–water partition coefficient (Wildman–Crippen LogP) is 3.29. The van der Waals surface area contributed by atoms with E-state index in [4.69, 9.17) is 5.11 Å². The zero-order valence-electron chi connectivity index (χ0n) is 12.2. The molecule has 1 heterocycles. The summed E-state index contributed by atoms with van der Waals surface area (Å²) in [6.07, 6.45) is 6.67. The fourth-order valence-corrected chi connectivity index (χ4v) is 3.89. The summed E-state index contributed by atoms with van der Waals surface area (Å²) >= 11 is 1.95. The van der Waals surface area contributed by atoms with Gasteiger partial charge in [0.25, 0.3) is 0 Å². The van der Waals surface area contributed by atoms with Crippen LogP contribution in [0.25, 0.3) is 0 Å². The minimum absolute atomic E-state index is 0.00765. The van der Waals surface area contributed by atoms with E-state index in [0.29, 0.717) is 0 Å². The summed E-state index contributed by atoms with van der Waals surface area (Å²) in [6.45, 7) is 3.75. The molecular formula is C15H22N2O2S. The summed E-state index contributed by atoms with van der Waals surface area (Å²) in [5.74, 6) is 0.841. The molecule has 1 N–H and O–H groups in total. The molecule has 0 aliphatic heterocycles. The number of carbonyl (C=O) groups is 1. The zero-order chi connectivity index (χ0) is 14.5. The highest BCUT2D eigenvalue weighted by Crippen LogP contribution is 2.30. The van der Waals surface area contributed by atoms with Gasteiger partial charge >= 0.3 is 5.97 Å². The molecule has 0 saturated heterocycles. The lowest BCUT2D eigenvalue weighted by atomic mass is 10.0. The number of aryl methyl sites for hydroxylation is 2. The molecule has 2 rings (SSSR count). The van der Waals surface area contributed by atoms with Crippen molar-refractivity contribution < 1.29 is 9.90 Å². The van der Waals surface area contributed by atoms with Crippen LogP contribution in [0, 0.1) is 13.8 Å². The van der Waals surface area contributed by atoms with Gasteiger partial charge in [-0.3, -0.25) is 4.79 Å². The van der Waals surface area contributed by atoms with Crippen LogP contribution in [0.15, 0.2) is 0 Å². The fraction of sp³-hybridized carbons (Fsp3) is 0.667. The third kappa shape index (κ3) is 4.20. The van der Waals surface area contributed by atoms with Crippen molar-refractivity contribution in [2.45, 2.75) is 63.4 Å². The second kappa shape index (κ2) is 7.07. The SMILES string of the molecule is Cc1nc(CSC2CCCCC2)nc(C)c1CC(=O)O. The van der Waals surface area contributed by atoms with Crippen molar-refractivity contribution in [1.29, 1.82) is 0 Å². The first-order valence-corrected chi connectivity index (χ1v) is 8.27. The number of aliphatic carboxylic acids is 1. The van der Waals surface area contributed by atoms with E-state index in [1.54, 1.807) is 0 Å². The van der Waals surface area contributed by atoms with Crippen LogP contribution < -0.4 is 0 Å². The summed E-state index contributed by atoms with van der Waals surface area (Å²) in [6, 6.07) is 0. The van der Waals surface area contributed by atoms with Gasteiger partial charge in [-0.2, -0.15) is 11.8 Å². The van der Waals surface area contributed by atoms with Crippen molar-refractivity contribution in [3.8, 4) is 0 Å². The van der Waals surface area contributed by atoms with E-state index in [1.165, 1.54) is 32.1 Å². The number of carboxylic acids is 1. The van der Waals surface area contributed by atoms with Crippen LogP contribution in [0.4, 0.5) is 0 Å². The Balaban J connectivity index is 2.00. The van der Waals surface area contributed by atoms with E-state index in [9.17, 15) is 4.79 Å². The van der Waals surface area contributed by atoms with Crippen molar-refractivity contribution in [2.75, 3.05) is 0 Å². The summed E-state index contributed by atoms with van der Waals surface area (Å²) in [4.78, 5) is 19.8. The largest absolute Gasteiger partial charge is 0.481 e. The molecule has 1 fully saturated rings.